The molecular weight excluding hydrogens is 452 g/mol. The number of nitrogens with one attached hydrogen (secondary N) is 1. The molecule has 10 heteroatoms. The number of aryl methyl sites for hydroxylation is 1. The molecule has 2 aromatic rings. The number of sulfonamides is 1. The number of likely N-dealkylation sites (tertiary alicyclic amines) is 1. The van der Waals surface area contributed by atoms with Gasteiger partial charge in [-0.25, -0.2) is 13.2 Å². The van der Waals surface area contributed by atoms with Crippen LogP contribution in [0.15, 0.2) is 40.6 Å². The first-order chi connectivity index (χ1) is 15.1. The van der Waals surface area contributed by atoms with Crippen LogP contribution in [0.25, 0.3) is 10.4 Å². The summed E-state index contributed by atoms with van der Waals surface area (Å²) in [7, 11) is -4.01. The Morgan fingerprint density at radius 2 is 1.75 bits per heavy atom. The summed E-state index contributed by atoms with van der Waals surface area (Å²) in [5.74, 6) is -1.66. The zero-order chi connectivity index (χ0) is 23.5. The van der Waals surface area contributed by atoms with Gasteiger partial charge in [-0.1, -0.05) is 29.8 Å². The molecule has 1 atom stereocenters. The molecule has 2 heterocycles. The minimum absolute atomic E-state index is 0.0669. The van der Waals surface area contributed by atoms with Crippen LogP contribution in [-0.2, 0) is 19.6 Å². The van der Waals surface area contributed by atoms with Gasteiger partial charge in [-0.05, 0) is 57.2 Å². The number of carboxylic acids is 1. The summed E-state index contributed by atoms with van der Waals surface area (Å²) in [6, 6.07) is 9.68. The van der Waals surface area contributed by atoms with Gasteiger partial charge >= 0.3 is 12.1 Å². The predicted molar refractivity (Wildman–Crippen MR) is 122 cm³/mol. The number of nitrogens with zero attached hydrogens (tertiary/aromatic N) is 1. The second-order valence-corrected chi connectivity index (χ2v) is 11.2. The number of benzene rings is 1. The molecule has 174 valence electrons. The number of thiophene rings is 1. The molecule has 1 saturated heterocycles. The highest BCUT2D eigenvalue weighted by molar-refractivity contribution is 7.91. The Balaban J connectivity index is 1.69. The molecule has 0 radical (unpaired) electrons. The Kier molecular flexibility index (Phi) is 7.58. The third-order valence-electron chi connectivity index (χ3n) is 5.34. The van der Waals surface area contributed by atoms with Gasteiger partial charge in [0.1, 0.15) is 10.3 Å². The largest absolute Gasteiger partial charge is 0.480 e. The van der Waals surface area contributed by atoms with Crippen LogP contribution in [0.4, 0.5) is 4.79 Å². The monoisotopic (exact) mass is 480 g/mol. The molecule has 1 aliphatic rings. The highest BCUT2D eigenvalue weighted by atomic mass is 32.2. The second kappa shape index (κ2) is 10.0. The maximum atomic E-state index is 12.9. The number of piperidine rings is 1. The number of amides is 1. The van der Waals surface area contributed by atoms with Gasteiger partial charge in [0.05, 0.1) is 6.10 Å². The lowest BCUT2D eigenvalue weighted by Crippen LogP contribution is -2.50. The van der Waals surface area contributed by atoms with Crippen molar-refractivity contribution in [2.24, 2.45) is 5.92 Å². The summed E-state index contributed by atoms with van der Waals surface area (Å²) in [6.45, 7) is 6.13. The average molecular weight is 481 g/mol. The molecule has 1 aromatic heterocycles. The normalized spacial score (nSPS) is 16.2. The van der Waals surface area contributed by atoms with E-state index in [0.717, 1.165) is 27.3 Å². The molecule has 0 aliphatic carbocycles. The number of hydrogen-bond acceptors (Lipinski definition) is 6. The number of hydrogen-bond donors (Lipinski definition) is 2. The minimum atomic E-state index is -4.01. The first-order valence-electron chi connectivity index (χ1n) is 10.4. The van der Waals surface area contributed by atoms with E-state index < -0.39 is 34.0 Å². The van der Waals surface area contributed by atoms with Crippen molar-refractivity contribution in [2.45, 2.75) is 50.0 Å². The highest BCUT2D eigenvalue weighted by Crippen LogP contribution is 2.31. The predicted octanol–water partition coefficient (Wildman–Crippen LogP) is 3.71. The van der Waals surface area contributed by atoms with Crippen LogP contribution in [0.2, 0.25) is 0 Å². The number of aliphatic carboxylic acids is 1. The molecule has 8 nitrogen and oxygen atoms in total. The summed E-state index contributed by atoms with van der Waals surface area (Å²) in [5, 5.41) is 9.71. The van der Waals surface area contributed by atoms with Crippen LogP contribution in [0.1, 0.15) is 32.3 Å². The van der Waals surface area contributed by atoms with Gasteiger partial charge in [0, 0.05) is 18.0 Å². The first-order valence-corrected chi connectivity index (χ1v) is 12.7. The third kappa shape index (κ3) is 5.87. The van der Waals surface area contributed by atoms with Crippen molar-refractivity contribution in [3.63, 3.8) is 0 Å². The van der Waals surface area contributed by atoms with Gasteiger partial charge in [0.15, 0.2) is 0 Å². The molecule has 1 aliphatic heterocycles. The summed E-state index contributed by atoms with van der Waals surface area (Å²) in [5.41, 5.74) is 2.00. The van der Waals surface area contributed by atoms with Gasteiger partial charge < -0.3 is 14.7 Å². The number of carbonyl (C=O) groups excluding carboxylic acids is 1. The van der Waals surface area contributed by atoms with E-state index in [1.807, 2.05) is 31.2 Å². The zero-order valence-electron chi connectivity index (χ0n) is 18.3. The van der Waals surface area contributed by atoms with Crippen molar-refractivity contribution in [3.8, 4) is 10.4 Å². The molecule has 32 heavy (non-hydrogen) atoms. The van der Waals surface area contributed by atoms with E-state index in [0.29, 0.717) is 25.9 Å². The van der Waals surface area contributed by atoms with E-state index in [-0.39, 0.29) is 10.3 Å². The van der Waals surface area contributed by atoms with Gasteiger partial charge in [-0.3, -0.25) is 4.79 Å². The van der Waals surface area contributed by atoms with Crippen LogP contribution in [0.3, 0.4) is 0 Å². The summed E-state index contributed by atoms with van der Waals surface area (Å²) in [6.07, 6.45) is 0.0554. The second-order valence-electron chi connectivity index (χ2n) is 8.18. The molecule has 0 spiro atoms. The van der Waals surface area contributed by atoms with Crippen LogP contribution in [0.5, 0.6) is 0 Å². The lowest BCUT2D eigenvalue weighted by Gasteiger charge is -2.34. The Morgan fingerprint density at radius 1 is 1.12 bits per heavy atom. The van der Waals surface area contributed by atoms with Crippen molar-refractivity contribution in [1.29, 1.82) is 0 Å². The van der Waals surface area contributed by atoms with E-state index >= 15 is 0 Å². The van der Waals surface area contributed by atoms with Crippen LogP contribution < -0.4 is 4.72 Å². The maximum Gasteiger partial charge on any atom is 0.410 e. The van der Waals surface area contributed by atoms with E-state index in [9.17, 15) is 23.1 Å². The Hall–Kier alpha value is -2.43. The quantitative estimate of drug-likeness (QED) is 0.625. The fourth-order valence-electron chi connectivity index (χ4n) is 3.60. The van der Waals surface area contributed by atoms with Crippen LogP contribution in [-0.4, -0.2) is 55.7 Å². The average Bonchev–Trinajstić information content (AvgIpc) is 3.23. The van der Waals surface area contributed by atoms with E-state index in [1.54, 1.807) is 19.9 Å². The summed E-state index contributed by atoms with van der Waals surface area (Å²) in [4.78, 5) is 26.3. The lowest BCUT2D eigenvalue weighted by atomic mass is 9.90. The summed E-state index contributed by atoms with van der Waals surface area (Å²) < 4.78 is 33.5. The van der Waals surface area contributed by atoms with Gasteiger partial charge in [-0.15, -0.1) is 11.3 Å². The van der Waals surface area contributed by atoms with Crippen molar-refractivity contribution >= 4 is 33.4 Å². The smallest absolute Gasteiger partial charge is 0.410 e. The number of carboxylic acid groups (broad SMARTS) is 1. The van der Waals surface area contributed by atoms with E-state index in [2.05, 4.69) is 4.72 Å². The van der Waals surface area contributed by atoms with Crippen molar-refractivity contribution < 1.29 is 27.9 Å². The maximum absolute atomic E-state index is 12.9. The third-order valence-corrected chi connectivity index (χ3v) is 8.40. The summed E-state index contributed by atoms with van der Waals surface area (Å²) >= 11 is 1.10. The van der Waals surface area contributed by atoms with Crippen LogP contribution in [0, 0.1) is 12.8 Å². The topological polar surface area (TPSA) is 113 Å². The fraction of sp³-hybridized carbons (Fsp3) is 0.455. The molecular formula is C22H28N2O6S2. The van der Waals surface area contributed by atoms with Gasteiger partial charge in [0.2, 0.25) is 0 Å². The number of ether oxygens (including phenoxy) is 1. The zero-order valence-corrected chi connectivity index (χ0v) is 19.9. The van der Waals surface area contributed by atoms with Gasteiger partial charge in [-0.2, -0.15) is 4.72 Å². The minimum Gasteiger partial charge on any atom is -0.480 e. The molecule has 0 bridgehead atoms. The SMILES string of the molecule is Cc1ccc(-c2ccc(S(=O)(=O)N[C@@H](C(=O)O)C3CCN(C(=O)OC(C)C)CC3)s2)cc1. The fourth-order valence-corrected chi connectivity index (χ4v) is 6.19. The van der Waals surface area contributed by atoms with E-state index in [4.69, 9.17) is 4.74 Å². The molecule has 1 fully saturated rings. The van der Waals surface area contributed by atoms with Crippen LogP contribution >= 0.6 is 11.3 Å². The Bertz CT molecular complexity index is 1050. The molecule has 1 aromatic carbocycles. The lowest BCUT2D eigenvalue weighted by molar-refractivity contribution is -0.140. The van der Waals surface area contributed by atoms with Crippen molar-refractivity contribution in [3.05, 3.63) is 42.0 Å². The number of rotatable bonds is 7. The molecule has 2 N–H and O–H groups in total. The van der Waals surface area contributed by atoms with Gasteiger partial charge in [0.25, 0.3) is 10.0 Å². The molecule has 3 rings (SSSR count). The standard InChI is InChI=1S/C22H28N2O6S2/c1-14(2)30-22(27)24-12-10-17(11-13-24)20(21(25)26)23-32(28,29)19-9-8-18(31-19)16-6-4-15(3)5-7-16/h4-9,14,17,20,23H,10-13H2,1-3H3,(H,25,26)/t20-/m1/s1. The molecule has 1 amide bonds. The highest BCUT2D eigenvalue weighted by Gasteiger charge is 2.36. The van der Waals surface area contributed by atoms with Crippen molar-refractivity contribution in [2.75, 3.05) is 13.1 Å². The number of carbonyl (C=O) groups is 2. The Morgan fingerprint density at radius 3 is 2.31 bits per heavy atom. The van der Waals surface area contributed by atoms with E-state index in [1.165, 1.54) is 11.0 Å². The molecule has 0 unspecified atom stereocenters. The first kappa shape index (κ1) is 24.2. The Labute approximate surface area is 192 Å². The molecule has 0 saturated carbocycles. The van der Waals surface area contributed by atoms with Crippen molar-refractivity contribution in [1.82, 2.24) is 9.62 Å².